The van der Waals surface area contributed by atoms with Gasteiger partial charge in [0.15, 0.2) is 0 Å². The van der Waals surface area contributed by atoms with E-state index in [-0.39, 0.29) is 11.8 Å². The Bertz CT molecular complexity index is 725. The third-order valence-electron chi connectivity index (χ3n) is 3.33. The van der Waals surface area contributed by atoms with Crippen molar-refractivity contribution in [1.82, 2.24) is 4.90 Å². The summed E-state index contributed by atoms with van der Waals surface area (Å²) in [7, 11) is 1.48. The van der Waals surface area contributed by atoms with E-state index in [0.29, 0.717) is 16.8 Å². The number of carbonyl (C=O) groups excluding carboxylic acids is 2. The molecule has 100 valence electrons. The molecule has 5 nitrogen and oxygen atoms in total. The molecule has 0 fully saturated rings. The molecule has 0 saturated carbocycles. The van der Waals surface area contributed by atoms with E-state index in [9.17, 15) is 9.59 Å². The normalized spacial score (nSPS) is 13.6. The minimum atomic E-state index is -0.283. The Hall–Kier alpha value is -2.82. The number of carbonyl (C=O) groups is 2. The zero-order valence-electron chi connectivity index (χ0n) is 10.9. The van der Waals surface area contributed by atoms with Gasteiger partial charge in [0.1, 0.15) is 0 Å². The summed E-state index contributed by atoms with van der Waals surface area (Å²) >= 11 is 0. The molecule has 20 heavy (non-hydrogen) atoms. The topological polar surface area (TPSA) is 75.4 Å². The van der Waals surface area contributed by atoms with Gasteiger partial charge in [-0.15, -0.1) is 0 Å². The molecule has 0 atom stereocenters. The summed E-state index contributed by atoms with van der Waals surface area (Å²) in [6.07, 6.45) is 0. The highest BCUT2D eigenvalue weighted by atomic mass is 16.2. The lowest BCUT2D eigenvalue weighted by Gasteiger charge is -2.09. The third kappa shape index (κ3) is 1.80. The molecule has 2 amide bonds. The Kier molecular flexibility index (Phi) is 2.68. The fourth-order valence-corrected chi connectivity index (χ4v) is 2.21. The summed E-state index contributed by atoms with van der Waals surface area (Å²) in [4.78, 5) is 24.8. The molecule has 1 heterocycles. The van der Waals surface area contributed by atoms with Gasteiger partial charge in [0.05, 0.1) is 22.5 Å². The third-order valence-corrected chi connectivity index (χ3v) is 3.33. The second kappa shape index (κ2) is 4.38. The maximum absolute atomic E-state index is 11.9. The van der Waals surface area contributed by atoms with Gasteiger partial charge in [-0.25, -0.2) is 0 Å². The molecule has 0 aliphatic carbocycles. The summed E-state index contributed by atoms with van der Waals surface area (Å²) in [5.41, 5.74) is 8.81. The van der Waals surface area contributed by atoms with Crippen LogP contribution in [0.2, 0.25) is 0 Å². The molecule has 2 aromatic carbocycles. The molecule has 0 unspecified atom stereocenters. The monoisotopic (exact) mass is 267 g/mol. The maximum atomic E-state index is 11.9. The predicted octanol–water partition coefficient (Wildman–Crippen LogP) is 2.24. The first-order valence-electron chi connectivity index (χ1n) is 6.16. The van der Waals surface area contributed by atoms with Gasteiger partial charge < -0.3 is 11.1 Å². The van der Waals surface area contributed by atoms with E-state index < -0.39 is 0 Å². The average molecular weight is 267 g/mol. The quantitative estimate of drug-likeness (QED) is 0.646. The van der Waals surface area contributed by atoms with Crippen LogP contribution in [0.25, 0.3) is 0 Å². The van der Waals surface area contributed by atoms with Crippen molar-refractivity contribution in [1.29, 1.82) is 0 Å². The Morgan fingerprint density at radius 3 is 2.45 bits per heavy atom. The highest BCUT2D eigenvalue weighted by Crippen LogP contribution is 2.28. The number of nitrogens with zero attached hydrogens (tertiary/aromatic N) is 1. The van der Waals surface area contributed by atoms with E-state index in [1.165, 1.54) is 7.05 Å². The molecule has 0 saturated heterocycles. The molecular weight excluding hydrogens is 254 g/mol. The zero-order valence-corrected chi connectivity index (χ0v) is 10.9. The van der Waals surface area contributed by atoms with Crippen LogP contribution in [-0.2, 0) is 0 Å². The van der Waals surface area contributed by atoms with Gasteiger partial charge in [0, 0.05) is 12.7 Å². The molecule has 1 aliphatic heterocycles. The minimum absolute atomic E-state index is 0.268. The summed E-state index contributed by atoms with van der Waals surface area (Å²) in [6, 6.07) is 12.4. The number of hydrogen-bond donors (Lipinski definition) is 2. The summed E-state index contributed by atoms with van der Waals surface area (Å²) in [5, 5.41) is 3.15. The average Bonchev–Trinajstić information content (AvgIpc) is 2.66. The fourth-order valence-electron chi connectivity index (χ4n) is 2.21. The molecule has 0 aromatic heterocycles. The lowest BCUT2D eigenvalue weighted by molar-refractivity contribution is 0.0693. The number of para-hydroxylation sites is 2. The van der Waals surface area contributed by atoms with Gasteiger partial charge in [-0.05, 0) is 30.3 Å². The van der Waals surface area contributed by atoms with Crippen LogP contribution >= 0.6 is 0 Å². The number of hydrogen-bond acceptors (Lipinski definition) is 4. The second-order valence-corrected chi connectivity index (χ2v) is 4.64. The van der Waals surface area contributed by atoms with Crippen molar-refractivity contribution in [3.05, 3.63) is 53.6 Å². The molecule has 0 spiro atoms. The van der Waals surface area contributed by atoms with E-state index in [1.807, 2.05) is 18.2 Å². The van der Waals surface area contributed by atoms with Crippen LogP contribution in [0.15, 0.2) is 42.5 Å². The van der Waals surface area contributed by atoms with Gasteiger partial charge in [-0.1, -0.05) is 12.1 Å². The van der Waals surface area contributed by atoms with Gasteiger partial charge in [-0.2, -0.15) is 0 Å². The number of benzene rings is 2. The zero-order chi connectivity index (χ0) is 14.3. The van der Waals surface area contributed by atoms with E-state index in [0.717, 1.165) is 16.3 Å². The number of rotatable bonds is 2. The van der Waals surface area contributed by atoms with Crippen molar-refractivity contribution >= 4 is 28.9 Å². The number of fused-ring (bicyclic) bond motifs is 1. The van der Waals surface area contributed by atoms with E-state index in [1.54, 1.807) is 24.3 Å². The van der Waals surface area contributed by atoms with E-state index >= 15 is 0 Å². The molecule has 2 aromatic rings. The fraction of sp³-hybridized carbons (Fsp3) is 0.0667. The van der Waals surface area contributed by atoms with Crippen LogP contribution in [0.5, 0.6) is 0 Å². The van der Waals surface area contributed by atoms with Crippen LogP contribution in [0.1, 0.15) is 20.7 Å². The Morgan fingerprint density at radius 2 is 1.70 bits per heavy atom. The standard InChI is InChI=1S/C15H13N3O2/c1-18-14(19)10-7-6-9(8-11(10)15(18)20)17-13-5-3-2-4-12(13)16/h2-8,17H,16H2,1H3. The summed E-state index contributed by atoms with van der Waals surface area (Å²) in [5.74, 6) is -0.551. The van der Waals surface area contributed by atoms with Crippen LogP contribution < -0.4 is 11.1 Å². The molecule has 3 N–H and O–H groups in total. The van der Waals surface area contributed by atoms with Crippen molar-refractivity contribution in [2.75, 3.05) is 18.1 Å². The first-order valence-corrected chi connectivity index (χ1v) is 6.16. The van der Waals surface area contributed by atoms with Crippen LogP contribution in [0.3, 0.4) is 0 Å². The predicted molar refractivity (Wildman–Crippen MR) is 77.0 cm³/mol. The first-order chi connectivity index (χ1) is 9.58. The molecule has 1 aliphatic rings. The number of amides is 2. The number of nitrogens with one attached hydrogen (secondary N) is 1. The van der Waals surface area contributed by atoms with Crippen LogP contribution in [0.4, 0.5) is 17.1 Å². The molecule has 5 heteroatoms. The molecule has 0 radical (unpaired) electrons. The van der Waals surface area contributed by atoms with Gasteiger partial charge in [0.2, 0.25) is 0 Å². The Labute approximate surface area is 116 Å². The largest absolute Gasteiger partial charge is 0.397 e. The lowest BCUT2D eigenvalue weighted by atomic mass is 10.1. The van der Waals surface area contributed by atoms with Crippen LogP contribution in [0, 0.1) is 0 Å². The number of nitrogens with two attached hydrogens (primary N) is 1. The summed E-state index contributed by atoms with van der Waals surface area (Å²) in [6.45, 7) is 0. The van der Waals surface area contributed by atoms with Gasteiger partial charge >= 0.3 is 0 Å². The Balaban J connectivity index is 1.97. The van der Waals surface area contributed by atoms with Gasteiger partial charge in [-0.3, -0.25) is 14.5 Å². The van der Waals surface area contributed by atoms with Crippen molar-refractivity contribution in [2.45, 2.75) is 0 Å². The van der Waals surface area contributed by atoms with Crippen molar-refractivity contribution < 1.29 is 9.59 Å². The smallest absolute Gasteiger partial charge is 0.261 e. The van der Waals surface area contributed by atoms with E-state index in [2.05, 4.69) is 5.32 Å². The van der Waals surface area contributed by atoms with Crippen molar-refractivity contribution in [3.8, 4) is 0 Å². The highest BCUT2D eigenvalue weighted by Gasteiger charge is 2.32. The van der Waals surface area contributed by atoms with Crippen molar-refractivity contribution in [2.24, 2.45) is 0 Å². The second-order valence-electron chi connectivity index (χ2n) is 4.64. The molecule has 3 rings (SSSR count). The van der Waals surface area contributed by atoms with Crippen LogP contribution in [-0.4, -0.2) is 23.8 Å². The van der Waals surface area contributed by atoms with Crippen molar-refractivity contribution in [3.63, 3.8) is 0 Å². The molecular formula is C15H13N3O2. The minimum Gasteiger partial charge on any atom is -0.397 e. The first kappa shape index (κ1) is 12.2. The number of anilines is 3. The summed E-state index contributed by atoms with van der Waals surface area (Å²) < 4.78 is 0. The highest BCUT2D eigenvalue weighted by molar-refractivity contribution is 6.21. The number of nitrogen functional groups attached to an aromatic ring is 1. The SMILES string of the molecule is CN1C(=O)c2ccc(Nc3ccccc3N)cc2C1=O. The lowest BCUT2D eigenvalue weighted by Crippen LogP contribution is -2.24. The molecule has 0 bridgehead atoms. The van der Waals surface area contributed by atoms with Gasteiger partial charge in [0.25, 0.3) is 11.8 Å². The Morgan fingerprint density at radius 1 is 1.00 bits per heavy atom. The number of imide groups is 1. The maximum Gasteiger partial charge on any atom is 0.261 e. The van der Waals surface area contributed by atoms with E-state index in [4.69, 9.17) is 5.73 Å².